The second kappa shape index (κ2) is 13.9. The lowest BCUT2D eigenvalue weighted by Crippen LogP contribution is -2.64. The van der Waals surface area contributed by atoms with Crippen molar-refractivity contribution in [3.63, 3.8) is 0 Å². The Hall–Kier alpha value is -4.53. The number of fused-ring (bicyclic) bond motifs is 1. The number of carbonyl (C=O) groups excluding carboxylic acids is 1. The summed E-state index contributed by atoms with van der Waals surface area (Å²) in [7, 11) is 0. The molecule has 0 aliphatic carbocycles. The quantitative estimate of drug-likeness (QED) is 0.0930. The normalized spacial score (nSPS) is 30.5. The molecule has 0 spiro atoms. The molecule has 0 radical (unpaired) electrons. The second-order valence-corrected chi connectivity index (χ2v) is 11.2. The van der Waals surface area contributed by atoms with Gasteiger partial charge in [0.2, 0.25) is 17.5 Å². The van der Waals surface area contributed by atoms with E-state index < -0.39 is 114 Å². The molecule has 2 aliphatic rings. The summed E-state index contributed by atoms with van der Waals surface area (Å²) < 4.78 is 33.6. The van der Waals surface area contributed by atoms with E-state index in [-0.39, 0.29) is 22.7 Å². The molecule has 0 bridgehead atoms. The summed E-state index contributed by atoms with van der Waals surface area (Å²) in [5.74, 6) is -5.08. The number of benzene rings is 2. The van der Waals surface area contributed by atoms with Crippen molar-refractivity contribution in [3.8, 4) is 34.3 Å². The largest absolute Gasteiger partial charge is 0.508 e. The van der Waals surface area contributed by atoms with Gasteiger partial charge < -0.3 is 74.1 Å². The number of phenols is 3. The highest BCUT2D eigenvalue weighted by Crippen LogP contribution is 2.38. The summed E-state index contributed by atoms with van der Waals surface area (Å²) in [6, 6.07) is 7.05. The van der Waals surface area contributed by atoms with E-state index in [0.717, 1.165) is 12.1 Å². The minimum Gasteiger partial charge on any atom is -0.508 e. The summed E-state index contributed by atoms with van der Waals surface area (Å²) in [6.07, 6.45) is -18.6. The van der Waals surface area contributed by atoms with Crippen LogP contribution in [0.5, 0.6) is 23.0 Å². The highest BCUT2D eigenvalue weighted by molar-refractivity contribution is 5.90. The van der Waals surface area contributed by atoms with Crippen molar-refractivity contribution in [3.05, 3.63) is 46.6 Å². The molecule has 18 nitrogen and oxygen atoms in total. The van der Waals surface area contributed by atoms with Gasteiger partial charge in [-0.1, -0.05) is 0 Å². The Morgan fingerprint density at radius 2 is 1.52 bits per heavy atom. The predicted molar refractivity (Wildman–Crippen MR) is 155 cm³/mol. The molecule has 18 heteroatoms. The van der Waals surface area contributed by atoms with Crippen molar-refractivity contribution < 1.29 is 83.6 Å². The molecule has 2 fully saturated rings. The van der Waals surface area contributed by atoms with Crippen LogP contribution in [0.3, 0.4) is 0 Å². The number of carboxylic acids is 1. The van der Waals surface area contributed by atoms with Gasteiger partial charge >= 0.3 is 11.9 Å². The minimum absolute atomic E-state index is 0.120. The van der Waals surface area contributed by atoms with Crippen LogP contribution in [0.15, 0.2) is 45.6 Å². The zero-order valence-electron chi connectivity index (χ0n) is 24.9. The third-order valence-corrected chi connectivity index (χ3v) is 7.73. The Balaban J connectivity index is 1.58. The number of aliphatic hydroxyl groups is 5. The molecule has 2 saturated heterocycles. The SMILES string of the molecule is C[C@H]1O[C@@H](O[C@H]2[C@H](Oc3c(-c4ccc(O)cc4)oc4cc(O)cc(O)c4c3=O)O[C@H](COC(=O)CC(=O)O)[C@@H](O)[C@H]2O)[C@H](O)[C@H](O)[C@H]1O. The van der Waals surface area contributed by atoms with Crippen LogP contribution in [0, 0.1) is 0 Å². The van der Waals surface area contributed by atoms with Gasteiger partial charge in [0.05, 0.1) is 6.10 Å². The number of hydrogen-bond donors (Lipinski definition) is 9. The fourth-order valence-corrected chi connectivity index (χ4v) is 5.21. The molecule has 0 amide bonds. The van der Waals surface area contributed by atoms with Crippen LogP contribution in [0.25, 0.3) is 22.3 Å². The maximum Gasteiger partial charge on any atom is 0.317 e. The third kappa shape index (κ3) is 7.00. The fourth-order valence-electron chi connectivity index (χ4n) is 5.21. The zero-order chi connectivity index (χ0) is 35.0. The Morgan fingerprint density at radius 3 is 2.19 bits per heavy atom. The van der Waals surface area contributed by atoms with E-state index in [1.807, 2.05) is 0 Å². The maximum absolute atomic E-state index is 13.9. The zero-order valence-corrected chi connectivity index (χ0v) is 24.9. The standard InChI is InChI=1S/C30H32O18/c1-10-20(37)23(40)25(42)29(44-10)48-28-24(41)21(38)16(9-43-18(36)8-17(34)35)46-30(28)47-27-22(39)19-14(33)6-13(32)7-15(19)45-26(27)11-2-4-12(31)5-3-11/h2-7,10,16,20-21,23-25,28-33,37-38,40-42H,8-9H2,1H3,(H,34,35)/t10-,16-,20+,21-,23-,24-,25-,28-,29+,30+/m1/s1. The number of ether oxygens (including phenoxy) is 5. The van der Waals surface area contributed by atoms with Crippen molar-refractivity contribution in [2.45, 2.75) is 74.8 Å². The molecular weight excluding hydrogens is 648 g/mol. The number of esters is 1. The third-order valence-electron chi connectivity index (χ3n) is 7.73. The van der Waals surface area contributed by atoms with E-state index >= 15 is 0 Å². The lowest BCUT2D eigenvalue weighted by molar-refractivity contribution is -0.354. The highest BCUT2D eigenvalue weighted by Gasteiger charge is 2.51. The van der Waals surface area contributed by atoms with Crippen LogP contribution in [0.2, 0.25) is 0 Å². The summed E-state index contributed by atoms with van der Waals surface area (Å²) in [5, 5.41) is 91.7. The van der Waals surface area contributed by atoms with Gasteiger partial charge in [0.25, 0.3) is 0 Å². The Labute approximate surface area is 269 Å². The van der Waals surface area contributed by atoms with E-state index in [4.69, 9.17) is 33.2 Å². The molecule has 2 aliphatic heterocycles. The molecule has 3 heterocycles. The molecule has 5 rings (SSSR count). The van der Waals surface area contributed by atoms with E-state index in [2.05, 4.69) is 0 Å². The van der Waals surface area contributed by atoms with E-state index in [9.17, 15) is 55.2 Å². The molecule has 0 saturated carbocycles. The molecule has 10 atom stereocenters. The molecule has 1 aromatic heterocycles. The van der Waals surface area contributed by atoms with Gasteiger partial charge in [0, 0.05) is 17.7 Å². The van der Waals surface area contributed by atoms with Crippen molar-refractivity contribution >= 4 is 22.9 Å². The lowest BCUT2D eigenvalue weighted by atomic mass is 9.97. The average molecular weight is 681 g/mol. The number of hydrogen-bond acceptors (Lipinski definition) is 17. The van der Waals surface area contributed by atoms with Crippen LogP contribution in [-0.2, 0) is 28.5 Å². The number of carbonyl (C=O) groups is 2. The van der Waals surface area contributed by atoms with Gasteiger partial charge in [-0.3, -0.25) is 14.4 Å². The fraction of sp³-hybridized carbons (Fsp3) is 0.433. The Bertz CT molecular complexity index is 1700. The average Bonchev–Trinajstić information content (AvgIpc) is 3.02. The van der Waals surface area contributed by atoms with Crippen molar-refractivity contribution in [1.82, 2.24) is 0 Å². The monoisotopic (exact) mass is 680 g/mol. The first-order chi connectivity index (χ1) is 22.7. The smallest absolute Gasteiger partial charge is 0.317 e. The predicted octanol–water partition coefficient (Wildman–Crippen LogP) is -1.37. The van der Waals surface area contributed by atoms with Crippen LogP contribution >= 0.6 is 0 Å². The van der Waals surface area contributed by atoms with Crippen LogP contribution in [0.1, 0.15) is 13.3 Å². The van der Waals surface area contributed by atoms with Crippen LogP contribution < -0.4 is 10.2 Å². The van der Waals surface area contributed by atoms with Crippen LogP contribution in [0.4, 0.5) is 0 Å². The number of rotatable bonds is 9. The van der Waals surface area contributed by atoms with Crippen molar-refractivity contribution in [2.75, 3.05) is 6.61 Å². The summed E-state index contributed by atoms with van der Waals surface area (Å²) in [6.45, 7) is 0.529. The van der Waals surface area contributed by atoms with Gasteiger partial charge in [-0.15, -0.1) is 0 Å². The van der Waals surface area contributed by atoms with Crippen molar-refractivity contribution in [1.29, 1.82) is 0 Å². The Kier molecular flexibility index (Phi) is 10.1. The number of aromatic hydroxyl groups is 3. The summed E-state index contributed by atoms with van der Waals surface area (Å²) in [5.41, 5.74) is -1.20. The topological polar surface area (TPSA) is 293 Å². The second-order valence-electron chi connectivity index (χ2n) is 11.2. The van der Waals surface area contributed by atoms with Crippen molar-refractivity contribution in [2.24, 2.45) is 0 Å². The summed E-state index contributed by atoms with van der Waals surface area (Å²) >= 11 is 0. The number of carboxylic acid groups (broad SMARTS) is 1. The van der Waals surface area contributed by atoms with Gasteiger partial charge in [0.15, 0.2) is 18.2 Å². The number of aliphatic hydroxyl groups excluding tert-OH is 5. The van der Waals surface area contributed by atoms with Crippen LogP contribution in [-0.4, -0.2) is 126 Å². The highest BCUT2D eigenvalue weighted by atomic mass is 16.8. The Morgan fingerprint density at radius 1 is 0.833 bits per heavy atom. The van der Waals surface area contributed by atoms with Gasteiger partial charge in [-0.25, -0.2) is 0 Å². The summed E-state index contributed by atoms with van der Waals surface area (Å²) in [4.78, 5) is 36.7. The molecule has 2 aromatic carbocycles. The molecule has 3 aromatic rings. The minimum atomic E-state index is -2.03. The molecule has 9 N–H and O–H groups in total. The van der Waals surface area contributed by atoms with E-state index in [0.29, 0.717) is 0 Å². The maximum atomic E-state index is 13.9. The molecular formula is C30H32O18. The lowest BCUT2D eigenvalue weighted by Gasteiger charge is -2.45. The van der Waals surface area contributed by atoms with E-state index in [1.165, 1.54) is 31.2 Å². The molecule has 48 heavy (non-hydrogen) atoms. The first kappa shape index (κ1) is 34.8. The van der Waals surface area contributed by atoms with Gasteiger partial charge in [0.1, 0.15) is 77.9 Å². The van der Waals surface area contributed by atoms with E-state index in [1.54, 1.807) is 0 Å². The van der Waals surface area contributed by atoms with Gasteiger partial charge in [-0.05, 0) is 31.2 Å². The number of aliphatic carboxylic acids is 1. The number of phenolic OH excluding ortho intramolecular Hbond substituents is 3. The first-order valence-corrected chi connectivity index (χ1v) is 14.4. The van der Waals surface area contributed by atoms with Gasteiger partial charge in [-0.2, -0.15) is 0 Å². The first-order valence-electron chi connectivity index (χ1n) is 14.4. The molecule has 260 valence electrons. The molecule has 0 unspecified atom stereocenters.